The van der Waals surface area contributed by atoms with Gasteiger partial charge in [-0.05, 0) is 65.6 Å². The van der Waals surface area contributed by atoms with Gasteiger partial charge in [-0.3, -0.25) is 14.9 Å². The summed E-state index contributed by atoms with van der Waals surface area (Å²) < 4.78 is 5.98. The number of para-hydroxylation sites is 1. The largest absolute Gasteiger partial charge is 0.496 e. The lowest BCUT2D eigenvalue weighted by Gasteiger charge is -2.28. The third-order valence-corrected chi connectivity index (χ3v) is 6.02. The first-order valence-electron chi connectivity index (χ1n) is 10.1. The van der Waals surface area contributed by atoms with Crippen LogP contribution in [0.2, 0.25) is 0 Å². The molecule has 1 fully saturated rings. The fraction of sp³-hybridized carbons (Fsp3) is 0.273. The lowest BCUT2D eigenvalue weighted by molar-refractivity contribution is -0.384. The van der Waals surface area contributed by atoms with Crippen molar-refractivity contribution in [2.75, 3.05) is 25.5 Å². The van der Waals surface area contributed by atoms with Gasteiger partial charge in [0.2, 0.25) is 0 Å². The summed E-state index contributed by atoms with van der Waals surface area (Å²) in [7, 11) is 1.57. The Kier molecular flexibility index (Phi) is 8.18. The number of anilines is 1. The normalized spacial score (nSPS) is 14.2. The summed E-state index contributed by atoms with van der Waals surface area (Å²) in [5.41, 5.74) is 1.54. The fourth-order valence-corrected chi connectivity index (χ4v) is 4.18. The van der Waals surface area contributed by atoms with E-state index in [9.17, 15) is 14.9 Å². The fourth-order valence-electron chi connectivity index (χ4n) is 3.36. The van der Waals surface area contributed by atoms with Crippen LogP contribution < -0.4 is 15.4 Å². The van der Waals surface area contributed by atoms with Crippen molar-refractivity contribution in [1.82, 2.24) is 10.2 Å². The van der Waals surface area contributed by atoms with Crippen molar-refractivity contribution in [3.63, 3.8) is 0 Å². The average Bonchev–Trinajstić information content (AvgIpc) is 2.82. The molecular formula is C22H23BrN4O4S. The van der Waals surface area contributed by atoms with Gasteiger partial charge in [-0.15, -0.1) is 0 Å². The number of thiocarbonyl (C=S) groups is 1. The van der Waals surface area contributed by atoms with Crippen LogP contribution in [0.25, 0.3) is 4.48 Å². The maximum atomic E-state index is 13.4. The van der Waals surface area contributed by atoms with E-state index in [0.717, 1.165) is 19.3 Å². The average molecular weight is 519 g/mol. The van der Waals surface area contributed by atoms with Gasteiger partial charge in [0.25, 0.3) is 11.6 Å². The summed E-state index contributed by atoms with van der Waals surface area (Å²) in [5, 5.41) is 17.0. The van der Waals surface area contributed by atoms with Crippen molar-refractivity contribution in [1.29, 1.82) is 0 Å². The van der Waals surface area contributed by atoms with Crippen LogP contribution in [-0.2, 0) is 4.79 Å². The number of non-ortho nitro benzene ring substituents is 1. The van der Waals surface area contributed by atoms with Gasteiger partial charge in [-0.25, -0.2) is 0 Å². The van der Waals surface area contributed by atoms with Crippen LogP contribution in [0, 0.1) is 10.1 Å². The highest BCUT2D eigenvalue weighted by atomic mass is 79.9. The third kappa shape index (κ3) is 5.83. The zero-order valence-corrected chi connectivity index (χ0v) is 19.9. The molecule has 2 N–H and O–H groups in total. The van der Waals surface area contributed by atoms with Crippen LogP contribution in [0.3, 0.4) is 0 Å². The number of carbonyl (C=O) groups is 1. The summed E-state index contributed by atoms with van der Waals surface area (Å²) >= 11 is 9.01. The number of nitro benzene ring substituents is 1. The number of piperidine rings is 1. The van der Waals surface area contributed by atoms with E-state index < -0.39 is 4.92 Å². The second-order valence-corrected chi connectivity index (χ2v) is 8.33. The van der Waals surface area contributed by atoms with Crippen molar-refractivity contribution in [3.05, 3.63) is 69.9 Å². The minimum Gasteiger partial charge on any atom is -0.496 e. The third-order valence-electron chi connectivity index (χ3n) is 4.99. The molecule has 0 aromatic heterocycles. The molecule has 0 radical (unpaired) electrons. The molecule has 1 heterocycles. The number of likely N-dealkylation sites (tertiary alicyclic amines) is 1. The molecule has 0 bridgehead atoms. The molecule has 0 spiro atoms. The number of rotatable bonds is 6. The zero-order valence-electron chi connectivity index (χ0n) is 17.5. The van der Waals surface area contributed by atoms with Gasteiger partial charge in [0.15, 0.2) is 5.11 Å². The van der Waals surface area contributed by atoms with Crippen LogP contribution in [0.1, 0.15) is 24.8 Å². The second-order valence-electron chi connectivity index (χ2n) is 7.13. The Morgan fingerprint density at radius 2 is 1.78 bits per heavy atom. The van der Waals surface area contributed by atoms with Crippen LogP contribution >= 0.6 is 28.1 Å². The molecule has 2 aromatic rings. The van der Waals surface area contributed by atoms with Gasteiger partial charge in [-0.2, -0.15) is 0 Å². The highest BCUT2D eigenvalue weighted by Gasteiger charge is 2.25. The maximum Gasteiger partial charge on any atom is 0.271 e. The Hall–Kier alpha value is -2.98. The van der Waals surface area contributed by atoms with E-state index in [0.29, 0.717) is 34.6 Å². The van der Waals surface area contributed by atoms with Crippen LogP contribution in [0.4, 0.5) is 11.4 Å². The SMILES string of the molecule is COc1ccccc1/C(Br)=C(\NC(=S)Nc1ccc([N+](=O)[O-])cc1)C(=O)N1CCCCC1. The predicted octanol–water partition coefficient (Wildman–Crippen LogP) is 4.67. The predicted molar refractivity (Wildman–Crippen MR) is 132 cm³/mol. The first-order chi connectivity index (χ1) is 15.4. The first-order valence-corrected chi connectivity index (χ1v) is 11.3. The van der Waals surface area contributed by atoms with Crippen molar-refractivity contribution in [3.8, 4) is 5.75 Å². The van der Waals surface area contributed by atoms with E-state index in [1.807, 2.05) is 24.3 Å². The maximum absolute atomic E-state index is 13.4. The molecule has 1 amide bonds. The van der Waals surface area contributed by atoms with Crippen LogP contribution in [0.5, 0.6) is 5.75 Å². The highest BCUT2D eigenvalue weighted by molar-refractivity contribution is 9.15. The Labute approximate surface area is 199 Å². The second kappa shape index (κ2) is 11.1. The number of amides is 1. The molecule has 32 heavy (non-hydrogen) atoms. The van der Waals surface area contributed by atoms with Gasteiger partial charge in [0.1, 0.15) is 11.4 Å². The number of methoxy groups -OCH3 is 1. The number of benzene rings is 2. The molecule has 3 rings (SSSR count). The summed E-state index contributed by atoms with van der Waals surface area (Å²) in [6.07, 6.45) is 3.01. The van der Waals surface area contributed by atoms with Crippen LogP contribution in [0.15, 0.2) is 54.2 Å². The monoisotopic (exact) mass is 518 g/mol. The molecule has 0 saturated carbocycles. The van der Waals surface area contributed by atoms with Crippen molar-refractivity contribution in [2.45, 2.75) is 19.3 Å². The highest BCUT2D eigenvalue weighted by Crippen LogP contribution is 2.33. The number of halogens is 1. The van der Waals surface area contributed by atoms with Gasteiger partial charge < -0.3 is 20.3 Å². The summed E-state index contributed by atoms with van der Waals surface area (Å²) in [4.78, 5) is 25.6. The number of hydrogen-bond donors (Lipinski definition) is 2. The van der Waals surface area contributed by atoms with E-state index in [2.05, 4.69) is 26.6 Å². The first kappa shape index (κ1) is 23.7. The Bertz CT molecular complexity index is 1040. The molecule has 168 valence electrons. The minimum absolute atomic E-state index is 0.0193. The van der Waals surface area contributed by atoms with Gasteiger partial charge >= 0.3 is 0 Å². The molecule has 1 saturated heterocycles. The lowest BCUT2D eigenvalue weighted by Crippen LogP contribution is -2.42. The smallest absolute Gasteiger partial charge is 0.271 e. The standard InChI is InChI=1S/C22H23BrN4O4S/c1-31-18-8-4-3-7-17(18)19(23)20(21(28)26-13-5-2-6-14-26)25-22(32)24-15-9-11-16(12-10-15)27(29)30/h3-4,7-12H,2,5-6,13-14H2,1H3,(H2,24,25,32)/b20-19+. The molecule has 2 aromatic carbocycles. The molecule has 0 atom stereocenters. The number of nitro groups is 1. The van der Waals surface area contributed by atoms with Gasteiger partial charge in [0.05, 0.1) is 16.5 Å². The van der Waals surface area contributed by atoms with E-state index in [4.69, 9.17) is 17.0 Å². The Balaban J connectivity index is 1.88. The Morgan fingerprint density at radius 1 is 1.12 bits per heavy atom. The summed E-state index contributed by atoms with van der Waals surface area (Å²) in [6, 6.07) is 13.2. The molecule has 1 aliphatic rings. The topological polar surface area (TPSA) is 96.7 Å². The van der Waals surface area contributed by atoms with Gasteiger partial charge in [0, 0.05) is 36.5 Å². The molecule has 0 aliphatic carbocycles. The number of carbonyl (C=O) groups excluding carboxylic acids is 1. The van der Waals surface area contributed by atoms with Crippen molar-refractivity contribution < 1.29 is 14.5 Å². The number of hydrogen-bond acceptors (Lipinski definition) is 5. The van der Waals surface area contributed by atoms with E-state index in [-0.39, 0.29) is 22.4 Å². The number of nitrogens with one attached hydrogen (secondary N) is 2. The number of ether oxygens (including phenoxy) is 1. The molecule has 0 unspecified atom stereocenters. The summed E-state index contributed by atoms with van der Waals surface area (Å²) in [5.74, 6) is 0.440. The lowest BCUT2D eigenvalue weighted by atomic mass is 10.1. The Morgan fingerprint density at radius 3 is 2.41 bits per heavy atom. The summed E-state index contributed by atoms with van der Waals surface area (Å²) in [6.45, 7) is 1.36. The van der Waals surface area contributed by atoms with E-state index in [1.54, 1.807) is 24.1 Å². The minimum atomic E-state index is -0.469. The zero-order chi connectivity index (χ0) is 23.1. The van der Waals surface area contributed by atoms with Crippen molar-refractivity contribution >= 4 is 55.0 Å². The molecule has 10 heteroatoms. The quantitative estimate of drug-likeness (QED) is 0.248. The van der Waals surface area contributed by atoms with Crippen molar-refractivity contribution in [2.24, 2.45) is 0 Å². The van der Waals surface area contributed by atoms with Gasteiger partial charge in [-0.1, -0.05) is 18.2 Å². The van der Waals surface area contributed by atoms with E-state index >= 15 is 0 Å². The molecule has 1 aliphatic heterocycles. The molecular weight excluding hydrogens is 496 g/mol. The van der Waals surface area contributed by atoms with Crippen LogP contribution in [-0.4, -0.2) is 41.0 Å². The number of nitrogens with zero attached hydrogens (tertiary/aromatic N) is 2. The molecule has 8 nitrogen and oxygen atoms in total. The van der Waals surface area contributed by atoms with E-state index in [1.165, 1.54) is 12.1 Å².